The summed E-state index contributed by atoms with van der Waals surface area (Å²) in [5.74, 6) is 1.19. The average molecular weight is 350 g/mol. The van der Waals surface area contributed by atoms with Crippen LogP contribution in [0.1, 0.15) is 30.2 Å². The zero-order valence-electron chi connectivity index (χ0n) is 14.0. The van der Waals surface area contributed by atoms with Crippen molar-refractivity contribution in [1.29, 1.82) is 0 Å². The van der Waals surface area contributed by atoms with Crippen LogP contribution in [0.5, 0.6) is 0 Å². The number of nitrogens with zero attached hydrogens (tertiary/aromatic N) is 2. The molecule has 130 valence electrons. The lowest BCUT2D eigenvalue weighted by Crippen LogP contribution is -2.36. The zero-order valence-corrected chi connectivity index (χ0v) is 14.9. The summed E-state index contributed by atoms with van der Waals surface area (Å²) in [6.07, 6.45) is 3.61. The van der Waals surface area contributed by atoms with Crippen molar-refractivity contribution in [1.82, 2.24) is 20.2 Å². The van der Waals surface area contributed by atoms with Crippen molar-refractivity contribution in [3.8, 4) is 0 Å². The Bertz CT molecular complexity index is 693. The fourth-order valence-electron chi connectivity index (χ4n) is 1.86. The topological polar surface area (TPSA) is 89.2 Å². The molecule has 8 heteroatoms. The minimum absolute atomic E-state index is 0.0316. The minimum atomic E-state index is -0.290. The lowest BCUT2D eigenvalue weighted by molar-refractivity contribution is -0.123. The van der Waals surface area contributed by atoms with Gasteiger partial charge in [-0.3, -0.25) is 9.59 Å². The fourth-order valence-corrected chi connectivity index (χ4v) is 2.68. The predicted molar refractivity (Wildman–Crippen MR) is 91.7 cm³/mol. The van der Waals surface area contributed by atoms with Crippen LogP contribution in [-0.2, 0) is 17.6 Å². The second-order valence-corrected chi connectivity index (χ2v) is 6.52. The van der Waals surface area contributed by atoms with Gasteiger partial charge in [-0.2, -0.15) is 0 Å². The number of carbonyl (C=O) groups is 2. The van der Waals surface area contributed by atoms with Crippen LogP contribution in [-0.4, -0.2) is 34.5 Å². The molecule has 0 spiro atoms. The summed E-state index contributed by atoms with van der Waals surface area (Å²) < 4.78 is 7.47. The van der Waals surface area contributed by atoms with E-state index in [4.69, 9.17) is 4.42 Å². The number of furan rings is 1. The van der Waals surface area contributed by atoms with E-state index in [1.54, 1.807) is 18.3 Å². The van der Waals surface area contributed by atoms with Crippen LogP contribution >= 0.6 is 11.8 Å². The van der Waals surface area contributed by atoms with Gasteiger partial charge in [0, 0.05) is 38.4 Å². The smallest absolute Gasteiger partial charge is 0.287 e. The van der Waals surface area contributed by atoms with E-state index in [1.165, 1.54) is 11.8 Å². The number of amides is 2. The summed E-state index contributed by atoms with van der Waals surface area (Å²) >= 11 is 1.54. The lowest BCUT2D eigenvalue weighted by Gasteiger charge is -2.07. The summed E-state index contributed by atoms with van der Waals surface area (Å²) in [5, 5.41) is 6.34. The third kappa shape index (κ3) is 5.16. The molecule has 0 unspecified atom stereocenters. The average Bonchev–Trinajstić information content (AvgIpc) is 3.18. The maximum Gasteiger partial charge on any atom is 0.287 e. The van der Waals surface area contributed by atoms with Crippen molar-refractivity contribution in [2.24, 2.45) is 13.0 Å². The van der Waals surface area contributed by atoms with Gasteiger partial charge in [0.2, 0.25) is 5.91 Å². The molecular formula is C16H22N4O3S. The molecule has 2 amide bonds. The number of hydrogen-bond acceptors (Lipinski definition) is 5. The van der Waals surface area contributed by atoms with Crippen molar-refractivity contribution in [2.75, 3.05) is 13.1 Å². The number of rotatable bonds is 8. The summed E-state index contributed by atoms with van der Waals surface area (Å²) in [6, 6.07) is 3.43. The molecule has 2 rings (SSSR count). The molecule has 0 aliphatic carbocycles. The van der Waals surface area contributed by atoms with E-state index in [-0.39, 0.29) is 23.5 Å². The van der Waals surface area contributed by atoms with Crippen molar-refractivity contribution >= 4 is 23.6 Å². The van der Waals surface area contributed by atoms with Crippen molar-refractivity contribution in [2.45, 2.75) is 24.8 Å². The number of thioether (sulfide) groups is 1. The van der Waals surface area contributed by atoms with Crippen molar-refractivity contribution < 1.29 is 14.0 Å². The molecule has 0 bridgehead atoms. The molecule has 2 aromatic heterocycles. The fraction of sp³-hybridized carbons (Fsp3) is 0.438. The largest absolute Gasteiger partial charge is 0.455 e. The number of aryl methyl sites for hydroxylation is 1. The molecule has 0 fully saturated rings. The highest BCUT2D eigenvalue weighted by Gasteiger charge is 2.12. The summed E-state index contributed by atoms with van der Waals surface area (Å²) in [5.41, 5.74) is 0. The van der Waals surface area contributed by atoms with Gasteiger partial charge in [0.25, 0.3) is 5.91 Å². The maximum atomic E-state index is 12.0. The second-order valence-electron chi connectivity index (χ2n) is 5.58. The van der Waals surface area contributed by atoms with Gasteiger partial charge in [-0.1, -0.05) is 25.6 Å². The summed E-state index contributed by atoms with van der Waals surface area (Å²) in [6.45, 7) is 4.39. The van der Waals surface area contributed by atoms with Crippen LogP contribution in [0.15, 0.2) is 34.1 Å². The lowest BCUT2D eigenvalue weighted by atomic mass is 10.2. The van der Waals surface area contributed by atoms with Gasteiger partial charge in [-0.15, -0.1) is 0 Å². The van der Waals surface area contributed by atoms with E-state index >= 15 is 0 Å². The Labute approximate surface area is 145 Å². The quantitative estimate of drug-likeness (QED) is 0.560. The van der Waals surface area contributed by atoms with Gasteiger partial charge in [-0.05, 0) is 12.1 Å². The molecule has 2 aromatic rings. The molecule has 7 nitrogen and oxygen atoms in total. The van der Waals surface area contributed by atoms with Crippen LogP contribution in [0.3, 0.4) is 0 Å². The highest BCUT2D eigenvalue weighted by atomic mass is 32.2. The van der Waals surface area contributed by atoms with E-state index in [9.17, 15) is 9.59 Å². The van der Waals surface area contributed by atoms with Gasteiger partial charge >= 0.3 is 0 Å². The number of hydrogen-bond donors (Lipinski definition) is 2. The van der Waals surface area contributed by atoms with Gasteiger partial charge < -0.3 is 19.6 Å². The molecular weight excluding hydrogens is 328 g/mol. The number of nitrogens with one attached hydrogen (secondary N) is 2. The number of aromatic nitrogens is 2. The molecule has 24 heavy (non-hydrogen) atoms. The number of carbonyl (C=O) groups excluding carboxylic acids is 2. The monoisotopic (exact) mass is 350 g/mol. The Balaban J connectivity index is 1.74. The molecule has 0 aromatic carbocycles. The highest BCUT2D eigenvalue weighted by Crippen LogP contribution is 2.21. The van der Waals surface area contributed by atoms with Crippen LogP contribution in [0.2, 0.25) is 0 Å². The van der Waals surface area contributed by atoms with E-state index in [1.807, 2.05) is 31.7 Å². The molecule has 0 aliphatic rings. The van der Waals surface area contributed by atoms with Gasteiger partial charge in [0.1, 0.15) is 5.76 Å². The van der Waals surface area contributed by atoms with Crippen LogP contribution < -0.4 is 10.6 Å². The SMILES string of the molecule is CC(C)C(=O)NCCNC(=O)c1ccc(CSc2nccn2C)o1. The Morgan fingerprint density at radius 2 is 2.04 bits per heavy atom. The maximum absolute atomic E-state index is 12.0. The van der Waals surface area contributed by atoms with Crippen LogP contribution in [0, 0.1) is 5.92 Å². The first-order valence-corrected chi connectivity index (χ1v) is 8.70. The first-order valence-electron chi connectivity index (χ1n) is 7.72. The molecule has 0 aliphatic heterocycles. The molecule has 0 saturated carbocycles. The second kappa shape index (κ2) is 8.58. The molecule has 2 N–H and O–H groups in total. The Kier molecular flexibility index (Phi) is 6.48. The molecule has 0 radical (unpaired) electrons. The highest BCUT2D eigenvalue weighted by molar-refractivity contribution is 7.98. The van der Waals surface area contributed by atoms with Gasteiger partial charge in [-0.25, -0.2) is 4.98 Å². The van der Waals surface area contributed by atoms with Gasteiger partial charge in [0.15, 0.2) is 10.9 Å². The van der Waals surface area contributed by atoms with Crippen LogP contribution in [0.25, 0.3) is 0 Å². The zero-order chi connectivity index (χ0) is 17.5. The molecule has 2 heterocycles. The van der Waals surface area contributed by atoms with E-state index in [0.29, 0.717) is 24.6 Å². The standard InChI is InChI=1S/C16H22N4O3S/c1-11(2)14(21)17-6-7-18-15(22)13-5-4-12(23-13)10-24-16-19-8-9-20(16)3/h4-5,8-9,11H,6-7,10H2,1-3H3,(H,17,21)(H,18,22). The van der Waals surface area contributed by atoms with Crippen molar-refractivity contribution in [3.05, 3.63) is 36.0 Å². The Morgan fingerprint density at radius 1 is 1.29 bits per heavy atom. The minimum Gasteiger partial charge on any atom is -0.455 e. The summed E-state index contributed by atoms with van der Waals surface area (Å²) in [7, 11) is 1.93. The van der Waals surface area contributed by atoms with E-state index in [0.717, 1.165) is 5.16 Å². The molecule has 0 saturated heterocycles. The Hall–Kier alpha value is -2.22. The summed E-state index contributed by atoms with van der Waals surface area (Å²) in [4.78, 5) is 27.6. The normalized spacial score (nSPS) is 10.8. The van der Waals surface area contributed by atoms with Crippen molar-refractivity contribution in [3.63, 3.8) is 0 Å². The van der Waals surface area contributed by atoms with E-state index in [2.05, 4.69) is 15.6 Å². The first kappa shape index (κ1) is 18.1. The Morgan fingerprint density at radius 3 is 2.71 bits per heavy atom. The first-order chi connectivity index (χ1) is 11.5. The third-order valence-corrected chi connectivity index (χ3v) is 4.32. The van der Waals surface area contributed by atoms with Gasteiger partial charge in [0.05, 0.1) is 5.75 Å². The predicted octanol–water partition coefficient (Wildman–Crippen LogP) is 1.81. The van der Waals surface area contributed by atoms with Crippen LogP contribution in [0.4, 0.5) is 0 Å². The van der Waals surface area contributed by atoms with E-state index < -0.39 is 0 Å². The third-order valence-electron chi connectivity index (χ3n) is 3.24. The number of imidazole rings is 1. The molecule has 0 atom stereocenters.